The molecule has 2 aliphatic rings. The van der Waals surface area contributed by atoms with Crippen molar-refractivity contribution >= 4 is 55.5 Å². The number of benzene rings is 1. The number of fused-ring (bicyclic) bond motifs is 1. The number of hydrogen-bond donors (Lipinski definition) is 1. The molecule has 0 saturated carbocycles. The van der Waals surface area contributed by atoms with Crippen LogP contribution in [-0.2, 0) is 19.4 Å². The van der Waals surface area contributed by atoms with Gasteiger partial charge in [0.25, 0.3) is 0 Å². The number of carbonyl (C=O) groups excluding carboxylic acids is 2. The van der Waals surface area contributed by atoms with Crippen LogP contribution in [0.25, 0.3) is 11.0 Å². The molecular formula is C28H31N5O5S2. The largest absolute Gasteiger partial charge is 0.461 e. The Balaban J connectivity index is 1.49. The van der Waals surface area contributed by atoms with Gasteiger partial charge in [-0.2, -0.15) is 16.6 Å². The summed E-state index contributed by atoms with van der Waals surface area (Å²) in [7, 11) is -4.13. The third-order valence-electron chi connectivity index (χ3n) is 7.24. The molecule has 3 aromatic rings. The van der Waals surface area contributed by atoms with Gasteiger partial charge >= 0.3 is 0 Å². The minimum Gasteiger partial charge on any atom is -0.461 e. The fourth-order valence-electron chi connectivity index (χ4n) is 5.15. The van der Waals surface area contributed by atoms with Crippen molar-refractivity contribution in [2.45, 2.75) is 55.2 Å². The molecule has 0 spiro atoms. The van der Waals surface area contributed by atoms with Gasteiger partial charge in [-0.05, 0) is 74.7 Å². The smallest absolute Gasteiger partial charge is 0.247 e. The maximum absolute atomic E-state index is 13.6. The predicted molar refractivity (Wildman–Crippen MR) is 153 cm³/mol. The number of nitrogens with one attached hydrogen (secondary N) is 1. The van der Waals surface area contributed by atoms with Crippen LogP contribution in [0, 0.1) is 18.3 Å². The van der Waals surface area contributed by atoms with Gasteiger partial charge in [0.1, 0.15) is 23.2 Å². The van der Waals surface area contributed by atoms with Crippen molar-refractivity contribution in [2.75, 3.05) is 31.5 Å². The van der Waals surface area contributed by atoms with Crippen LogP contribution in [0.1, 0.15) is 37.9 Å². The van der Waals surface area contributed by atoms with Crippen LogP contribution in [-0.4, -0.2) is 73.3 Å². The number of furan rings is 1. The summed E-state index contributed by atoms with van der Waals surface area (Å²) >= 11 is 1.21. The zero-order chi connectivity index (χ0) is 28.3. The van der Waals surface area contributed by atoms with E-state index >= 15 is 0 Å². The molecule has 2 aliphatic heterocycles. The number of aliphatic imine (C=N–C) groups is 1. The van der Waals surface area contributed by atoms with Crippen LogP contribution in [0.2, 0.25) is 0 Å². The van der Waals surface area contributed by atoms with Crippen molar-refractivity contribution in [3.8, 4) is 6.07 Å². The Morgan fingerprint density at radius 3 is 2.70 bits per heavy atom. The van der Waals surface area contributed by atoms with Gasteiger partial charge < -0.3 is 19.5 Å². The molecular weight excluding hydrogens is 550 g/mol. The van der Waals surface area contributed by atoms with Crippen molar-refractivity contribution in [3.63, 3.8) is 0 Å². The fourth-order valence-corrected chi connectivity index (χ4v) is 7.54. The van der Waals surface area contributed by atoms with Gasteiger partial charge in [-0.15, -0.1) is 0 Å². The second-order valence-electron chi connectivity index (χ2n) is 10.1. The molecule has 12 heteroatoms. The minimum absolute atomic E-state index is 0.0180. The quantitative estimate of drug-likeness (QED) is 0.329. The van der Waals surface area contributed by atoms with Crippen LogP contribution in [0.3, 0.4) is 0 Å². The Morgan fingerprint density at radius 2 is 1.98 bits per heavy atom. The summed E-state index contributed by atoms with van der Waals surface area (Å²) < 4.78 is 32.7. The summed E-state index contributed by atoms with van der Waals surface area (Å²) in [5, 5.41) is 15.4. The molecule has 2 aromatic heterocycles. The third-order valence-corrected chi connectivity index (χ3v) is 9.94. The third kappa shape index (κ3) is 5.90. The molecule has 4 heterocycles. The van der Waals surface area contributed by atoms with Crippen molar-refractivity contribution in [3.05, 3.63) is 46.9 Å². The maximum Gasteiger partial charge on any atom is 0.247 e. The van der Waals surface area contributed by atoms with E-state index in [1.807, 2.05) is 19.1 Å². The predicted octanol–water partition coefficient (Wildman–Crippen LogP) is 3.98. The average Bonchev–Trinajstić information content (AvgIpc) is 3.69. The van der Waals surface area contributed by atoms with E-state index in [0.29, 0.717) is 50.2 Å². The summed E-state index contributed by atoms with van der Waals surface area (Å²) in [6.45, 7) is 3.62. The SMILES string of the molecule is Cc1cc2cc(NC(=N[C@H]3CCCCN(CC(=O)N4CCCC4)C3=O)C(C#N)S(=O)(=O)c3ccsc3)ccc2o1. The monoisotopic (exact) mass is 581 g/mol. The summed E-state index contributed by atoms with van der Waals surface area (Å²) in [4.78, 5) is 34.4. The Morgan fingerprint density at radius 1 is 1.20 bits per heavy atom. The topological polar surface area (TPSA) is 136 Å². The van der Waals surface area contributed by atoms with E-state index in [1.54, 1.807) is 28.5 Å². The van der Waals surface area contributed by atoms with Crippen LogP contribution in [0.15, 0.2) is 55.4 Å². The standard InChI is InChI=1S/C28H31N5O5S2/c1-19-14-20-15-21(7-8-24(20)38-19)30-27(25(16-29)40(36,37)22-9-13-39-18-22)31-23-6-2-3-12-33(28(23)35)17-26(34)32-10-4-5-11-32/h7-9,13-15,18,23,25H,2-6,10-12,17H2,1H3,(H,30,31)/t23-,25?/m0/s1. The van der Waals surface area contributed by atoms with Crippen LogP contribution >= 0.6 is 11.3 Å². The first kappa shape index (κ1) is 27.9. The first-order valence-corrected chi connectivity index (χ1v) is 15.8. The summed E-state index contributed by atoms with van der Waals surface area (Å²) in [5.41, 5.74) is 1.18. The lowest BCUT2D eigenvalue weighted by Gasteiger charge is -2.26. The van der Waals surface area contributed by atoms with Crippen LogP contribution in [0.5, 0.6) is 0 Å². The van der Waals surface area contributed by atoms with E-state index in [-0.39, 0.29) is 29.1 Å². The molecule has 0 radical (unpaired) electrons. The molecule has 5 rings (SSSR count). The zero-order valence-electron chi connectivity index (χ0n) is 22.2. The number of likely N-dealkylation sites (tertiary alicyclic amines) is 2. The lowest BCUT2D eigenvalue weighted by atomic mass is 10.1. The van der Waals surface area contributed by atoms with E-state index in [4.69, 9.17) is 4.42 Å². The number of nitriles is 1. The molecule has 2 atom stereocenters. The first-order valence-electron chi connectivity index (χ1n) is 13.3. The number of nitrogens with zero attached hydrogens (tertiary/aromatic N) is 4. The van der Waals surface area contributed by atoms with Crippen molar-refractivity contribution in [1.82, 2.24) is 9.80 Å². The molecule has 0 bridgehead atoms. The molecule has 210 valence electrons. The van der Waals surface area contributed by atoms with Gasteiger partial charge in [-0.3, -0.25) is 14.6 Å². The van der Waals surface area contributed by atoms with Crippen molar-refractivity contribution in [1.29, 1.82) is 5.26 Å². The number of aryl methyl sites for hydroxylation is 1. The number of anilines is 1. The Bertz CT molecular complexity index is 1570. The Hall–Kier alpha value is -3.69. The second-order valence-corrected chi connectivity index (χ2v) is 12.9. The molecule has 2 amide bonds. The molecule has 40 heavy (non-hydrogen) atoms. The number of rotatable bonds is 7. The van der Waals surface area contributed by atoms with Gasteiger partial charge in [0, 0.05) is 36.1 Å². The number of amides is 2. The number of sulfone groups is 1. The molecule has 2 saturated heterocycles. The second kappa shape index (κ2) is 11.8. The molecule has 1 N–H and O–H groups in total. The number of carbonyl (C=O) groups is 2. The Labute approximate surface area is 237 Å². The van der Waals surface area contributed by atoms with E-state index in [2.05, 4.69) is 10.3 Å². The normalized spacial score (nSPS) is 19.4. The van der Waals surface area contributed by atoms with Crippen molar-refractivity contribution < 1.29 is 22.4 Å². The van der Waals surface area contributed by atoms with Gasteiger partial charge in [0.2, 0.25) is 26.9 Å². The van der Waals surface area contributed by atoms with E-state index in [0.717, 1.165) is 24.0 Å². The molecule has 1 unspecified atom stereocenters. The van der Waals surface area contributed by atoms with E-state index in [1.165, 1.54) is 27.7 Å². The van der Waals surface area contributed by atoms with Crippen LogP contribution in [0.4, 0.5) is 5.69 Å². The minimum atomic E-state index is -4.13. The lowest BCUT2D eigenvalue weighted by molar-refractivity contribution is -0.140. The number of amidine groups is 1. The first-order chi connectivity index (χ1) is 19.3. The Kier molecular flexibility index (Phi) is 8.23. The van der Waals surface area contributed by atoms with Gasteiger partial charge in [0.15, 0.2) is 0 Å². The highest BCUT2D eigenvalue weighted by Crippen LogP contribution is 2.26. The number of hydrogen-bond acceptors (Lipinski definition) is 8. The molecule has 2 fully saturated rings. The highest BCUT2D eigenvalue weighted by atomic mass is 32.2. The summed E-state index contributed by atoms with van der Waals surface area (Å²) in [6.07, 6.45) is 3.69. The fraction of sp³-hybridized carbons (Fsp3) is 0.429. The van der Waals surface area contributed by atoms with Gasteiger partial charge in [-0.25, -0.2) is 8.42 Å². The number of thiophene rings is 1. The van der Waals surface area contributed by atoms with Gasteiger partial charge in [-0.1, -0.05) is 0 Å². The molecule has 10 nitrogen and oxygen atoms in total. The lowest BCUT2D eigenvalue weighted by Crippen LogP contribution is -2.45. The maximum atomic E-state index is 13.6. The highest BCUT2D eigenvalue weighted by Gasteiger charge is 2.36. The highest BCUT2D eigenvalue weighted by molar-refractivity contribution is 7.93. The zero-order valence-corrected chi connectivity index (χ0v) is 23.8. The van der Waals surface area contributed by atoms with Gasteiger partial charge in [0.05, 0.1) is 17.5 Å². The summed E-state index contributed by atoms with van der Waals surface area (Å²) in [6, 6.07) is 9.53. The van der Waals surface area contributed by atoms with Crippen LogP contribution < -0.4 is 5.32 Å². The molecule has 0 aliphatic carbocycles. The summed E-state index contributed by atoms with van der Waals surface area (Å²) in [5.74, 6) is 0.172. The molecule has 1 aromatic carbocycles. The average molecular weight is 582 g/mol. The van der Waals surface area contributed by atoms with Crippen molar-refractivity contribution in [2.24, 2.45) is 4.99 Å². The van der Waals surface area contributed by atoms with E-state index < -0.39 is 21.1 Å². The van der Waals surface area contributed by atoms with E-state index in [9.17, 15) is 23.3 Å².